The van der Waals surface area contributed by atoms with Crippen LogP contribution in [0.5, 0.6) is 0 Å². The summed E-state index contributed by atoms with van der Waals surface area (Å²) < 4.78 is 0. The third-order valence-corrected chi connectivity index (χ3v) is 2.76. The largest absolute Gasteiger partial charge is 0.480 e. The van der Waals surface area contributed by atoms with Crippen LogP contribution in [0.25, 0.3) is 0 Å². The highest BCUT2D eigenvalue weighted by Crippen LogP contribution is 2.17. The average molecular weight is 281 g/mol. The standard InChI is InChI=1S/C13H19N3O4/c1-6-8(9(17)14-7(2)11(19)20)10(18)16-12(15-6)13(3,4)5/h7H,1-5H3,(H,14,17)(H,19,20)(H,15,16,18). The molecule has 0 aliphatic heterocycles. The van der Waals surface area contributed by atoms with E-state index in [9.17, 15) is 14.4 Å². The molecule has 3 N–H and O–H groups in total. The molecular weight excluding hydrogens is 262 g/mol. The van der Waals surface area contributed by atoms with Crippen LogP contribution in [0.4, 0.5) is 0 Å². The van der Waals surface area contributed by atoms with E-state index in [-0.39, 0.29) is 16.7 Å². The van der Waals surface area contributed by atoms with Gasteiger partial charge < -0.3 is 15.4 Å². The fourth-order valence-corrected chi connectivity index (χ4v) is 1.54. The van der Waals surface area contributed by atoms with Gasteiger partial charge in [0.25, 0.3) is 11.5 Å². The summed E-state index contributed by atoms with van der Waals surface area (Å²) in [5.41, 5.74) is -0.815. The minimum Gasteiger partial charge on any atom is -0.480 e. The molecule has 20 heavy (non-hydrogen) atoms. The Labute approximate surface area is 116 Å². The molecule has 1 rings (SSSR count). The Kier molecular flexibility index (Phi) is 4.32. The van der Waals surface area contributed by atoms with Crippen molar-refractivity contribution < 1.29 is 14.7 Å². The zero-order valence-electron chi connectivity index (χ0n) is 12.2. The maximum atomic E-state index is 12.0. The summed E-state index contributed by atoms with van der Waals surface area (Å²) in [6.45, 7) is 8.52. The molecule has 1 amide bonds. The van der Waals surface area contributed by atoms with E-state index in [2.05, 4.69) is 15.3 Å². The normalized spacial score (nSPS) is 12.8. The Morgan fingerprint density at radius 3 is 2.30 bits per heavy atom. The number of aromatic nitrogens is 2. The lowest BCUT2D eigenvalue weighted by atomic mass is 9.95. The monoisotopic (exact) mass is 281 g/mol. The maximum absolute atomic E-state index is 12.0. The number of amides is 1. The predicted molar refractivity (Wildman–Crippen MR) is 72.9 cm³/mol. The third-order valence-electron chi connectivity index (χ3n) is 2.76. The molecule has 1 aromatic rings. The van der Waals surface area contributed by atoms with Crippen molar-refractivity contribution in [2.24, 2.45) is 0 Å². The lowest BCUT2D eigenvalue weighted by Gasteiger charge is -2.18. The van der Waals surface area contributed by atoms with Gasteiger partial charge >= 0.3 is 5.97 Å². The van der Waals surface area contributed by atoms with Gasteiger partial charge in [0.05, 0.1) is 5.69 Å². The minimum absolute atomic E-state index is 0.161. The number of hydrogen-bond donors (Lipinski definition) is 3. The van der Waals surface area contributed by atoms with E-state index >= 15 is 0 Å². The topological polar surface area (TPSA) is 112 Å². The maximum Gasteiger partial charge on any atom is 0.325 e. The summed E-state index contributed by atoms with van der Waals surface area (Å²) in [6, 6.07) is -1.08. The van der Waals surface area contributed by atoms with E-state index in [1.54, 1.807) is 6.92 Å². The zero-order valence-corrected chi connectivity index (χ0v) is 12.2. The molecule has 7 heteroatoms. The van der Waals surface area contributed by atoms with Crippen LogP contribution in [-0.2, 0) is 10.2 Å². The van der Waals surface area contributed by atoms with Crippen molar-refractivity contribution in [2.45, 2.75) is 46.1 Å². The van der Waals surface area contributed by atoms with Gasteiger partial charge in [-0.25, -0.2) is 4.98 Å². The number of nitrogens with zero attached hydrogens (tertiary/aromatic N) is 1. The Balaban J connectivity index is 3.18. The first kappa shape index (κ1) is 15.9. The molecule has 0 saturated heterocycles. The van der Waals surface area contributed by atoms with Gasteiger partial charge in [0.15, 0.2) is 0 Å². The molecule has 7 nitrogen and oxygen atoms in total. The summed E-state index contributed by atoms with van der Waals surface area (Å²) in [4.78, 5) is 41.4. The number of carbonyl (C=O) groups excluding carboxylic acids is 1. The number of carboxylic acid groups (broad SMARTS) is 1. The molecule has 0 radical (unpaired) electrons. The zero-order chi connectivity index (χ0) is 15.7. The van der Waals surface area contributed by atoms with Crippen molar-refractivity contribution in [2.75, 3.05) is 0 Å². The molecule has 0 fully saturated rings. The number of aromatic amines is 1. The first-order chi connectivity index (χ1) is 9.04. The summed E-state index contributed by atoms with van der Waals surface area (Å²) in [5.74, 6) is -1.44. The van der Waals surface area contributed by atoms with Crippen molar-refractivity contribution in [1.82, 2.24) is 15.3 Å². The van der Waals surface area contributed by atoms with Crippen LogP contribution in [0.15, 0.2) is 4.79 Å². The predicted octanol–water partition coefficient (Wildman–Crippen LogP) is 0.579. The number of H-pyrrole nitrogens is 1. The highest BCUT2D eigenvalue weighted by Gasteiger charge is 2.23. The molecule has 0 aliphatic rings. The molecular formula is C13H19N3O4. The highest BCUT2D eigenvalue weighted by atomic mass is 16.4. The molecule has 1 atom stereocenters. The van der Waals surface area contributed by atoms with Crippen LogP contribution in [-0.4, -0.2) is 33.0 Å². The first-order valence-corrected chi connectivity index (χ1v) is 6.19. The Morgan fingerprint density at radius 1 is 1.35 bits per heavy atom. The number of aryl methyl sites for hydroxylation is 1. The summed E-state index contributed by atoms with van der Waals surface area (Å²) in [7, 11) is 0. The molecule has 0 aromatic carbocycles. The lowest BCUT2D eigenvalue weighted by molar-refractivity contribution is -0.138. The number of nitrogens with one attached hydrogen (secondary N) is 2. The first-order valence-electron chi connectivity index (χ1n) is 6.19. The molecule has 110 valence electrons. The quantitative estimate of drug-likeness (QED) is 0.750. The van der Waals surface area contributed by atoms with Gasteiger partial charge in [-0.15, -0.1) is 0 Å². The third kappa shape index (κ3) is 3.43. The number of carbonyl (C=O) groups is 2. The van der Waals surface area contributed by atoms with Crippen molar-refractivity contribution >= 4 is 11.9 Å². The molecule has 1 aromatic heterocycles. The molecule has 0 aliphatic carbocycles. The second kappa shape index (κ2) is 5.44. The van der Waals surface area contributed by atoms with Crippen molar-refractivity contribution in [3.8, 4) is 0 Å². The van der Waals surface area contributed by atoms with E-state index in [1.165, 1.54) is 6.92 Å². The van der Waals surface area contributed by atoms with Crippen LogP contribution in [0.3, 0.4) is 0 Å². The van der Waals surface area contributed by atoms with Gasteiger partial charge in [0.2, 0.25) is 0 Å². The SMILES string of the molecule is Cc1nc(C(C)(C)C)[nH]c(=O)c1C(=O)NC(C)C(=O)O. The molecule has 0 bridgehead atoms. The van der Waals surface area contributed by atoms with Gasteiger partial charge in [-0.05, 0) is 13.8 Å². The van der Waals surface area contributed by atoms with Gasteiger partial charge in [0, 0.05) is 5.41 Å². The number of carboxylic acids is 1. The van der Waals surface area contributed by atoms with Crippen molar-refractivity contribution in [1.29, 1.82) is 0 Å². The van der Waals surface area contributed by atoms with Crippen LogP contribution < -0.4 is 10.9 Å². The van der Waals surface area contributed by atoms with Crippen molar-refractivity contribution in [3.63, 3.8) is 0 Å². The van der Waals surface area contributed by atoms with E-state index in [0.717, 1.165) is 0 Å². The van der Waals surface area contributed by atoms with Gasteiger partial charge in [-0.2, -0.15) is 0 Å². The van der Waals surface area contributed by atoms with E-state index < -0.39 is 23.5 Å². The number of hydrogen-bond acceptors (Lipinski definition) is 4. The van der Waals surface area contributed by atoms with Crippen molar-refractivity contribution in [3.05, 3.63) is 27.4 Å². The number of aliphatic carboxylic acids is 1. The summed E-state index contributed by atoms with van der Waals surface area (Å²) in [5, 5.41) is 11.0. The molecule has 0 spiro atoms. The Morgan fingerprint density at radius 2 is 1.90 bits per heavy atom. The van der Waals surface area contributed by atoms with E-state index in [1.807, 2.05) is 20.8 Å². The van der Waals surface area contributed by atoms with Gasteiger partial charge in [-0.1, -0.05) is 20.8 Å². The molecule has 0 saturated carbocycles. The van der Waals surface area contributed by atoms with Gasteiger partial charge in [-0.3, -0.25) is 14.4 Å². The average Bonchev–Trinajstić information content (AvgIpc) is 2.26. The summed E-state index contributed by atoms with van der Waals surface area (Å²) in [6.07, 6.45) is 0. The van der Waals surface area contributed by atoms with Gasteiger partial charge in [0.1, 0.15) is 17.4 Å². The second-order valence-corrected chi connectivity index (χ2v) is 5.66. The highest BCUT2D eigenvalue weighted by molar-refractivity contribution is 5.97. The lowest BCUT2D eigenvalue weighted by Crippen LogP contribution is -2.41. The smallest absolute Gasteiger partial charge is 0.325 e. The van der Waals surface area contributed by atoms with E-state index in [0.29, 0.717) is 5.82 Å². The molecule has 1 heterocycles. The second-order valence-electron chi connectivity index (χ2n) is 5.66. The van der Waals surface area contributed by atoms with Crippen LogP contribution in [0.1, 0.15) is 49.6 Å². The minimum atomic E-state index is -1.17. The van der Waals surface area contributed by atoms with Crippen LogP contribution in [0.2, 0.25) is 0 Å². The van der Waals surface area contributed by atoms with Crippen LogP contribution >= 0.6 is 0 Å². The fourth-order valence-electron chi connectivity index (χ4n) is 1.54. The Bertz CT molecular complexity index is 599. The van der Waals surface area contributed by atoms with Crippen LogP contribution in [0, 0.1) is 6.92 Å². The number of rotatable bonds is 3. The Hall–Kier alpha value is -2.18. The fraction of sp³-hybridized carbons (Fsp3) is 0.538. The van der Waals surface area contributed by atoms with E-state index in [4.69, 9.17) is 5.11 Å². The summed E-state index contributed by atoms with van der Waals surface area (Å²) >= 11 is 0. The molecule has 1 unspecified atom stereocenters.